The Morgan fingerprint density at radius 3 is 2.86 bits per heavy atom. The van der Waals surface area contributed by atoms with E-state index in [1.165, 1.54) is 6.34 Å². The first kappa shape index (κ1) is 16.6. The maximum Gasteiger partial charge on any atom is 0.309 e. The zero-order valence-corrected chi connectivity index (χ0v) is 13.2. The lowest BCUT2D eigenvalue weighted by molar-refractivity contribution is -0.148. The number of rotatable bonds is 5. The van der Waals surface area contributed by atoms with Crippen LogP contribution in [0.1, 0.15) is 19.8 Å². The van der Waals surface area contributed by atoms with Crippen molar-refractivity contribution in [2.45, 2.75) is 19.8 Å². The van der Waals surface area contributed by atoms with Crippen LogP contribution in [-0.4, -0.2) is 37.2 Å². The molecule has 0 saturated carbocycles. The minimum absolute atomic E-state index is 0.0190. The molecule has 0 radical (unpaired) electrons. The highest BCUT2D eigenvalue weighted by atomic mass is 35.5. The molecule has 1 aliphatic heterocycles. The highest BCUT2D eigenvalue weighted by Gasteiger charge is 2.26. The van der Waals surface area contributed by atoms with Crippen molar-refractivity contribution in [3.05, 3.63) is 23.2 Å². The summed E-state index contributed by atoms with van der Waals surface area (Å²) in [5, 5.41) is 9.08. The Morgan fingerprint density at radius 1 is 1.55 bits per heavy atom. The van der Waals surface area contributed by atoms with Crippen LogP contribution >= 0.6 is 11.6 Å². The van der Waals surface area contributed by atoms with Gasteiger partial charge in [-0.1, -0.05) is 11.6 Å². The molecule has 1 aromatic rings. The van der Waals surface area contributed by atoms with Crippen LogP contribution in [0.5, 0.6) is 0 Å². The second-order valence-electron chi connectivity index (χ2n) is 5.04. The maximum atomic E-state index is 11.7. The second-order valence-corrected chi connectivity index (χ2v) is 5.44. The number of anilines is 1. The third-order valence-electron chi connectivity index (χ3n) is 3.66. The fourth-order valence-corrected chi connectivity index (χ4v) is 2.85. The van der Waals surface area contributed by atoms with Gasteiger partial charge in [-0.3, -0.25) is 15.5 Å². The SMILES string of the molecule is CCOC(=O)C1CCN(c2ccc(N=CNO)cc2Cl)CC1. The lowest BCUT2D eigenvalue weighted by Gasteiger charge is -2.33. The van der Waals surface area contributed by atoms with E-state index in [9.17, 15) is 4.79 Å². The van der Waals surface area contributed by atoms with Gasteiger partial charge in [0.1, 0.15) is 6.34 Å². The van der Waals surface area contributed by atoms with Crippen LogP contribution in [0.2, 0.25) is 5.02 Å². The molecule has 0 aliphatic carbocycles. The van der Waals surface area contributed by atoms with Crippen molar-refractivity contribution in [2.24, 2.45) is 10.9 Å². The number of benzene rings is 1. The average Bonchev–Trinajstić information content (AvgIpc) is 2.53. The van der Waals surface area contributed by atoms with Gasteiger partial charge < -0.3 is 9.64 Å². The van der Waals surface area contributed by atoms with Crippen LogP contribution in [0.4, 0.5) is 11.4 Å². The maximum absolute atomic E-state index is 11.7. The van der Waals surface area contributed by atoms with Gasteiger partial charge in [-0.15, -0.1) is 0 Å². The molecule has 22 heavy (non-hydrogen) atoms. The number of nitrogens with zero attached hydrogens (tertiary/aromatic N) is 2. The zero-order valence-electron chi connectivity index (χ0n) is 12.5. The first-order valence-electron chi connectivity index (χ1n) is 7.29. The Labute approximate surface area is 134 Å². The predicted molar refractivity (Wildman–Crippen MR) is 86.1 cm³/mol. The van der Waals surface area contributed by atoms with Crippen LogP contribution < -0.4 is 10.4 Å². The fraction of sp³-hybridized carbons (Fsp3) is 0.467. The van der Waals surface area contributed by atoms with E-state index in [1.807, 2.05) is 24.5 Å². The minimum Gasteiger partial charge on any atom is -0.466 e. The van der Waals surface area contributed by atoms with Crippen LogP contribution in [0, 0.1) is 5.92 Å². The monoisotopic (exact) mass is 325 g/mol. The number of carbonyl (C=O) groups excluding carboxylic acids is 1. The zero-order chi connectivity index (χ0) is 15.9. The smallest absolute Gasteiger partial charge is 0.309 e. The van der Waals surface area contributed by atoms with Crippen molar-refractivity contribution < 1.29 is 14.7 Å². The summed E-state index contributed by atoms with van der Waals surface area (Å²) >= 11 is 6.30. The summed E-state index contributed by atoms with van der Waals surface area (Å²) < 4.78 is 5.07. The van der Waals surface area contributed by atoms with E-state index in [0.717, 1.165) is 31.6 Å². The van der Waals surface area contributed by atoms with Gasteiger partial charge in [-0.2, -0.15) is 0 Å². The van der Waals surface area contributed by atoms with E-state index in [4.69, 9.17) is 21.5 Å². The van der Waals surface area contributed by atoms with Gasteiger partial charge in [0, 0.05) is 13.1 Å². The number of piperidine rings is 1. The molecule has 7 heteroatoms. The third-order valence-corrected chi connectivity index (χ3v) is 3.96. The van der Waals surface area contributed by atoms with Gasteiger partial charge in [0.05, 0.1) is 28.9 Å². The topological polar surface area (TPSA) is 74.2 Å². The van der Waals surface area contributed by atoms with Gasteiger partial charge in [-0.05, 0) is 38.0 Å². The number of hydrogen-bond donors (Lipinski definition) is 2. The number of nitrogens with one attached hydrogen (secondary N) is 1. The molecule has 1 aliphatic rings. The largest absolute Gasteiger partial charge is 0.466 e. The normalized spacial score (nSPS) is 16.0. The molecule has 0 aromatic heterocycles. The van der Waals surface area contributed by atoms with Crippen LogP contribution in [-0.2, 0) is 9.53 Å². The Kier molecular flexibility index (Phi) is 6.03. The van der Waals surface area contributed by atoms with Gasteiger partial charge in [0.2, 0.25) is 0 Å². The van der Waals surface area contributed by atoms with Crippen molar-refractivity contribution in [2.75, 3.05) is 24.6 Å². The van der Waals surface area contributed by atoms with E-state index in [1.54, 1.807) is 6.07 Å². The first-order valence-corrected chi connectivity index (χ1v) is 7.66. The van der Waals surface area contributed by atoms with E-state index in [0.29, 0.717) is 17.3 Å². The minimum atomic E-state index is -0.102. The van der Waals surface area contributed by atoms with E-state index in [-0.39, 0.29) is 11.9 Å². The van der Waals surface area contributed by atoms with Gasteiger partial charge >= 0.3 is 5.97 Å². The molecule has 1 saturated heterocycles. The summed E-state index contributed by atoms with van der Waals surface area (Å²) in [4.78, 5) is 17.9. The average molecular weight is 326 g/mol. The Balaban J connectivity index is 1.99. The summed E-state index contributed by atoms with van der Waals surface area (Å²) in [6.45, 7) is 3.78. The standard InChI is InChI=1S/C15H20ClN3O3/c1-2-22-15(20)11-5-7-19(8-6-11)14-4-3-12(9-13(14)16)17-10-18-21/h3-4,9-11,21H,2,5-8H2,1H3,(H,17,18). The molecule has 1 heterocycles. The summed E-state index contributed by atoms with van der Waals surface area (Å²) in [6, 6.07) is 5.46. The molecule has 2 rings (SSSR count). The van der Waals surface area contributed by atoms with Crippen molar-refractivity contribution in [3.63, 3.8) is 0 Å². The lowest BCUT2D eigenvalue weighted by atomic mass is 9.96. The summed E-state index contributed by atoms with van der Waals surface area (Å²) in [5.74, 6) is -0.121. The van der Waals surface area contributed by atoms with Crippen molar-refractivity contribution in [1.82, 2.24) is 5.48 Å². The van der Waals surface area contributed by atoms with Crippen LogP contribution in [0.15, 0.2) is 23.2 Å². The lowest BCUT2D eigenvalue weighted by Crippen LogP contribution is -2.37. The molecule has 0 amide bonds. The van der Waals surface area contributed by atoms with Gasteiger partial charge in [0.25, 0.3) is 0 Å². The molecule has 0 spiro atoms. The number of hydroxylamine groups is 1. The van der Waals surface area contributed by atoms with Crippen molar-refractivity contribution in [1.29, 1.82) is 0 Å². The highest BCUT2D eigenvalue weighted by Crippen LogP contribution is 2.32. The number of hydrogen-bond acceptors (Lipinski definition) is 5. The number of carbonyl (C=O) groups is 1. The van der Waals surface area contributed by atoms with Gasteiger partial charge in [-0.25, -0.2) is 4.99 Å². The van der Waals surface area contributed by atoms with Crippen molar-refractivity contribution in [3.8, 4) is 0 Å². The number of halogens is 1. The molecule has 6 nitrogen and oxygen atoms in total. The fourth-order valence-electron chi connectivity index (χ4n) is 2.55. The molecule has 1 fully saturated rings. The Hall–Kier alpha value is -1.79. The molecule has 2 N–H and O–H groups in total. The number of esters is 1. The number of ether oxygens (including phenoxy) is 1. The molecule has 1 aromatic carbocycles. The predicted octanol–water partition coefficient (Wildman–Crippen LogP) is 2.76. The van der Waals surface area contributed by atoms with Crippen molar-refractivity contribution >= 4 is 35.3 Å². The van der Waals surface area contributed by atoms with E-state index >= 15 is 0 Å². The number of aliphatic imine (C=N–C) groups is 1. The van der Waals surface area contributed by atoms with E-state index in [2.05, 4.69) is 9.89 Å². The quantitative estimate of drug-likeness (QED) is 0.377. The summed E-state index contributed by atoms with van der Waals surface area (Å²) in [5.41, 5.74) is 3.43. The highest BCUT2D eigenvalue weighted by molar-refractivity contribution is 6.33. The molecular formula is C15H20ClN3O3. The molecular weight excluding hydrogens is 306 g/mol. The molecule has 0 bridgehead atoms. The summed E-state index contributed by atoms with van der Waals surface area (Å²) in [6.07, 6.45) is 2.71. The Bertz CT molecular complexity index is 543. The van der Waals surface area contributed by atoms with E-state index < -0.39 is 0 Å². The Morgan fingerprint density at radius 2 is 2.27 bits per heavy atom. The first-order chi connectivity index (χ1) is 10.7. The molecule has 120 valence electrons. The molecule has 0 unspecified atom stereocenters. The molecule has 0 atom stereocenters. The van der Waals surface area contributed by atoms with Crippen LogP contribution in [0.3, 0.4) is 0 Å². The summed E-state index contributed by atoms with van der Waals surface area (Å²) in [7, 11) is 0. The van der Waals surface area contributed by atoms with Gasteiger partial charge in [0.15, 0.2) is 0 Å². The third kappa shape index (κ3) is 4.11. The van der Waals surface area contributed by atoms with Crippen LogP contribution in [0.25, 0.3) is 0 Å². The second kappa shape index (κ2) is 8.00.